The topological polar surface area (TPSA) is 51.3 Å². The predicted octanol–water partition coefficient (Wildman–Crippen LogP) is 3.34. The van der Waals surface area contributed by atoms with Gasteiger partial charge in [-0.05, 0) is 25.1 Å². The van der Waals surface area contributed by atoms with Gasteiger partial charge in [-0.25, -0.2) is 18.0 Å². The molecule has 1 aliphatic rings. The molecule has 2 aromatic rings. The van der Waals surface area contributed by atoms with Gasteiger partial charge in [-0.3, -0.25) is 9.09 Å². The summed E-state index contributed by atoms with van der Waals surface area (Å²) in [4.78, 5) is 13.8. The van der Waals surface area contributed by atoms with Crippen molar-refractivity contribution in [2.75, 3.05) is 19.6 Å². The summed E-state index contributed by atoms with van der Waals surface area (Å²) < 4.78 is 46.3. The number of nitrogens with zero attached hydrogens (tertiary/aromatic N) is 3. The van der Waals surface area contributed by atoms with Crippen LogP contribution in [0.2, 0.25) is 5.02 Å². The molecule has 0 spiro atoms. The fourth-order valence-electron chi connectivity index (χ4n) is 3.06. The van der Waals surface area contributed by atoms with Gasteiger partial charge in [0.2, 0.25) is 0 Å². The van der Waals surface area contributed by atoms with E-state index in [9.17, 15) is 18.0 Å². The zero-order valence-electron chi connectivity index (χ0n) is 14.1. The normalized spacial score (nSPS) is 17.5. The van der Waals surface area contributed by atoms with Gasteiger partial charge in [-0.1, -0.05) is 22.8 Å². The molecule has 1 aromatic heterocycles. The Kier molecular flexibility index (Phi) is 5.72. The highest BCUT2D eigenvalue weighted by molar-refractivity contribution is 6.31. The van der Waals surface area contributed by atoms with Gasteiger partial charge in [0.15, 0.2) is 5.82 Å². The molecule has 5 nitrogen and oxygen atoms in total. The first-order chi connectivity index (χ1) is 12.4. The first kappa shape index (κ1) is 19.0. The molecule has 0 radical (unpaired) electrons. The molecule has 1 saturated heterocycles. The fraction of sp³-hybridized carbons (Fsp3) is 0.529. The maximum atomic E-state index is 13.9. The summed E-state index contributed by atoms with van der Waals surface area (Å²) in [5.74, 6) is -3.40. The summed E-state index contributed by atoms with van der Waals surface area (Å²) in [7, 11) is 0. The van der Waals surface area contributed by atoms with Crippen LogP contribution in [0.5, 0.6) is 0 Å². The monoisotopic (exact) mass is 389 g/mol. The van der Waals surface area contributed by atoms with Crippen molar-refractivity contribution in [1.29, 1.82) is 0 Å². The molecule has 2 heterocycles. The SMILES string of the molecule is O=c1onc(Cc2c(F)cccc2Cl)n1CCCN1CCC(F)(F)CC1. The average molecular weight is 390 g/mol. The van der Waals surface area contributed by atoms with Crippen LogP contribution in [-0.4, -0.2) is 40.2 Å². The van der Waals surface area contributed by atoms with Crippen LogP contribution in [0, 0.1) is 5.82 Å². The summed E-state index contributed by atoms with van der Waals surface area (Å²) in [5, 5.41) is 3.97. The zero-order chi connectivity index (χ0) is 18.7. The van der Waals surface area contributed by atoms with Crippen molar-refractivity contribution in [2.24, 2.45) is 0 Å². The summed E-state index contributed by atoms with van der Waals surface area (Å²) in [6.07, 6.45) is 0.326. The van der Waals surface area contributed by atoms with Crippen molar-refractivity contribution in [3.63, 3.8) is 0 Å². The Hall–Kier alpha value is -1.80. The lowest BCUT2D eigenvalue weighted by molar-refractivity contribution is -0.0552. The van der Waals surface area contributed by atoms with E-state index in [4.69, 9.17) is 16.1 Å². The standard InChI is InChI=1S/C17H19ClF3N3O2/c18-13-3-1-4-14(19)12(13)11-15-22-26-16(25)24(15)8-2-7-23-9-5-17(20,21)6-10-23/h1,3-4H,2,5-11H2. The van der Waals surface area contributed by atoms with Gasteiger partial charge in [0.05, 0.1) is 0 Å². The van der Waals surface area contributed by atoms with Gasteiger partial charge < -0.3 is 4.90 Å². The smallest absolute Gasteiger partial charge is 0.303 e. The van der Waals surface area contributed by atoms with Crippen LogP contribution < -0.4 is 5.76 Å². The van der Waals surface area contributed by atoms with Gasteiger partial charge >= 0.3 is 5.76 Å². The summed E-state index contributed by atoms with van der Waals surface area (Å²) in [6, 6.07) is 4.35. The highest BCUT2D eigenvalue weighted by Gasteiger charge is 2.33. The Morgan fingerprint density at radius 3 is 2.65 bits per heavy atom. The predicted molar refractivity (Wildman–Crippen MR) is 90.2 cm³/mol. The first-order valence-corrected chi connectivity index (χ1v) is 8.82. The van der Waals surface area contributed by atoms with Crippen LogP contribution in [0.1, 0.15) is 30.7 Å². The molecule has 3 rings (SSSR count). The second-order valence-electron chi connectivity index (χ2n) is 6.44. The molecule has 1 aromatic carbocycles. The van der Waals surface area contributed by atoms with Crippen LogP contribution in [0.3, 0.4) is 0 Å². The lowest BCUT2D eigenvalue weighted by Crippen LogP contribution is -2.40. The number of likely N-dealkylation sites (tertiary alicyclic amines) is 1. The van der Waals surface area contributed by atoms with Crippen molar-refractivity contribution in [1.82, 2.24) is 14.6 Å². The molecule has 26 heavy (non-hydrogen) atoms. The lowest BCUT2D eigenvalue weighted by atomic mass is 10.1. The van der Waals surface area contributed by atoms with Crippen molar-refractivity contribution in [3.05, 3.63) is 51.0 Å². The first-order valence-electron chi connectivity index (χ1n) is 8.44. The number of aromatic nitrogens is 2. The van der Waals surface area contributed by atoms with Crippen LogP contribution in [0.15, 0.2) is 27.5 Å². The van der Waals surface area contributed by atoms with E-state index in [2.05, 4.69) is 5.16 Å². The number of benzene rings is 1. The number of halogens is 4. The van der Waals surface area contributed by atoms with Crippen LogP contribution in [-0.2, 0) is 13.0 Å². The van der Waals surface area contributed by atoms with Gasteiger partial charge in [0.1, 0.15) is 5.82 Å². The minimum absolute atomic E-state index is 0.0349. The average Bonchev–Trinajstić information content (AvgIpc) is 2.93. The van der Waals surface area contributed by atoms with E-state index in [0.29, 0.717) is 32.6 Å². The van der Waals surface area contributed by atoms with Gasteiger partial charge in [0.25, 0.3) is 5.92 Å². The second kappa shape index (κ2) is 7.84. The quantitative estimate of drug-likeness (QED) is 0.760. The van der Waals surface area contributed by atoms with Crippen molar-refractivity contribution < 1.29 is 17.7 Å². The molecule has 9 heteroatoms. The van der Waals surface area contributed by atoms with Crippen molar-refractivity contribution >= 4 is 11.6 Å². The van der Waals surface area contributed by atoms with E-state index in [1.807, 2.05) is 4.90 Å². The maximum Gasteiger partial charge on any atom is 0.441 e. The van der Waals surface area contributed by atoms with E-state index in [1.165, 1.54) is 16.7 Å². The molecule has 0 bridgehead atoms. The van der Waals surface area contributed by atoms with Gasteiger partial charge in [-0.15, -0.1) is 0 Å². The molecule has 0 amide bonds. The van der Waals surface area contributed by atoms with Crippen LogP contribution >= 0.6 is 11.6 Å². The lowest BCUT2D eigenvalue weighted by Gasteiger charge is -2.31. The minimum atomic E-state index is -2.58. The zero-order valence-corrected chi connectivity index (χ0v) is 14.8. The third kappa shape index (κ3) is 4.48. The molecule has 0 saturated carbocycles. The Bertz CT molecular complexity index is 792. The maximum absolute atomic E-state index is 13.9. The van der Waals surface area contributed by atoms with E-state index in [0.717, 1.165) is 0 Å². The van der Waals surface area contributed by atoms with E-state index < -0.39 is 17.5 Å². The Balaban J connectivity index is 1.61. The van der Waals surface area contributed by atoms with Crippen molar-refractivity contribution in [2.45, 2.75) is 38.2 Å². The largest absolute Gasteiger partial charge is 0.441 e. The molecule has 142 valence electrons. The molecule has 1 aliphatic heterocycles. The van der Waals surface area contributed by atoms with E-state index in [-0.39, 0.29) is 35.7 Å². The van der Waals surface area contributed by atoms with E-state index >= 15 is 0 Å². The molecule has 0 N–H and O–H groups in total. The number of hydrogen-bond acceptors (Lipinski definition) is 4. The number of alkyl halides is 2. The summed E-state index contributed by atoms with van der Waals surface area (Å²) in [5.41, 5.74) is 0.245. The molecule has 1 fully saturated rings. The molecule has 0 atom stereocenters. The highest BCUT2D eigenvalue weighted by atomic mass is 35.5. The second-order valence-corrected chi connectivity index (χ2v) is 6.85. The Morgan fingerprint density at radius 1 is 1.23 bits per heavy atom. The van der Waals surface area contributed by atoms with E-state index in [1.54, 1.807) is 6.07 Å². The third-order valence-electron chi connectivity index (χ3n) is 4.60. The molecule has 0 unspecified atom stereocenters. The van der Waals surface area contributed by atoms with Gasteiger partial charge in [0, 0.05) is 49.5 Å². The number of piperidine rings is 1. The van der Waals surface area contributed by atoms with Crippen molar-refractivity contribution in [3.8, 4) is 0 Å². The molecule has 0 aliphatic carbocycles. The highest BCUT2D eigenvalue weighted by Crippen LogP contribution is 2.27. The number of hydrogen-bond donors (Lipinski definition) is 0. The Morgan fingerprint density at radius 2 is 1.96 bits per heavy atom. The number of rotatable bonds is 6. The summed E-state index contributed by atoms with van der Waals surface area (Å²) >= 11 is 6.01. The fourth-order valence-corrected chi connectivity index (χ4v) is 3.29. The minimum Gasteiger partial charge on any atom is -0.303 e. The third-order valence-corrected chi connectivity index (χ3v) is 4.96. The van der Waals surface area contributed by atoms with Crippen LogP contribution in [0.4, 0.5) is 13.2 Å². The van der Waals surface area contributed by atoms with Gasteiger partial charge in [-0.2, -0.15) is 0 Å². The Labute approximate surface area is 153 Å². The summed E-state index contributed by atoms with van der Waals surface area (Å²) in [6.45, 7) is 1.58. The molecular formula is C17H19ClF3N3O2. The van der Waals surface area contributed by atoms with Crippen LogP contribution in [0.25, 0.3) is 0 Å². The molecular weight excluding hydrogens is 371 g/mol.